The molecule has 1 aromatic rings. The van der Waals surface area contributed by atoms with Gasteiger partial charge in [0.2, 0.25) is 0 Å². The Kier molecular flexibility index (Phi) is 7.23. The summed E-state index contributed by atoms with van der Waals surface area (Å²) in [6.45, 7) is 6.89. The van der Waals surface area contributed by atoms with Gasteiger partial charge in [-0.2, -0.15) is 0 Å². The number of carbonyl (C=O) groups excluding carboxylic acids is 1. The highest BCUT2D eigenvalue weighted by Crippen LogP contribution is 2.19. The van der Waals surface area contributed by atoms with Gasteiger partial charge in [-0.3, -0.25) is 19.8 Å². The molecule has 0 atom stereocenters. The monoisotopic (exact) mass is 328 g/mol. The van der Waals surface area contributed by atoms with Crippen LogP contribution in [-0.4, -0.2) is 55.0 Å². The topological polar surface area (TPSA) is 87.5 Å². The van der Waals surface area contributed by atoms with Gasteiger partial charge in [0.05, 0.1) is 4.92 Å². The van der Waals surface area contributed by atoms with Crippen LogP contribution in [0.4, 0.5) is 5.69 Å². The Morgan fingerprint density at radius 1 is 1.41 bits per heavy atom. The van der Waals surface area contributed by atoms with E-state index >= 15 is 0 Å². The summed E-state index contributed by atoms with van der Waals surface area (Å²) in [5, 5.41) is 17.0. The van der Waals surface area contributed by atoms with Crippen molar-refractivity contribution in [3.63, 3.8) is 0 Å². The van der Waals surface area contributed by atoms with Crippen molar-refractivity contribution < 1.29 is 9.72 Å². The van der Waals surface area contributed by atoms with Crippen molar-refractivity contribution in [2.45, 2.75) is 6.92 Å². The number of amides is 1. The smallest absolute Gasteiger partial charge is 0.273 e. The molecule has 1 amide bonds. The molecule has 1 aliphatic heterocycles. The average molecular weight is 329 g/mol. The average Bonchev–Trinajstić information content (AvgIpc) is 2.48. The van der Waals surface area contributed by atoms with Crippen molar-refractivity contribution in [3.8, 4) is 0 Å². The predicted octanol–water partition coefficient (Wildman–Crippen LogP) is 0.960. The molecule has 1 saturated heterocycles. The van der Waals surface area contributed by atoms with Gasteiger partial charge in [-0.25, -0.2) is 0 Å². The van der Waals surface area contributed by atoms with Crippen molar-refractivity contribution in [1.29, 1.82) is 0 Å². The molecule has 7 nitrogen and oxygen atoms in total. The number of hydrogen-bond acceptors (Lipinski definition) is 5. The van der Waals surface area contributed by atoms with Crippen molar-refractivity contribution in [2.24, 2.45) is 0 Å². The SMILES string of the molecule is Cc1ccc(C(=O)NCCN2CCNCC2)cc1[N+](=O)[O-].Cl. The largest absolute Gasteiger partial charge is 0.351 e. The van der Waals surface area contributed by atoms with E-state index in [2.05, 4.69) is 15.5 Å². The van der Waals surface area contributed by atoms with Crippen LogP contribution < -0.4 is 10.6 Å². The molecule has 1 fully saturated rings. The first kappa shape index (κ1) is 18.3. The minimum absolute atomic E-state index is 0. The summed E-state index contributed by atoms with van der Waals surface area (Å²) in [5.41, 5.74) is 0.856. The number of carbonyl (C=O) groups is 1. The number of piperazine rings is 1. The summed E-state index contributed by atoms with van der Waals surface area (Å²) in [7, 11) is 0. The number of nitro benzene ring substituents is 1. The number of rotatable bonds is 5. The number of aryl methyl sites for hydroxylation is 1. The molecule has 1 aromatic carbocycles. The lowest BCUT2D eigenvalue weighted by Gasteiger charge is -2.27. The van der Waals surface area contributed by atoms with E-state index in [1.807, 2.05) is 0 Å². The minimum atomic E-state index is -0.465. The highest BCUT2D eigenvalue weighted by Gasteiger charge is 2.15. The molecule has 0 unspecified atom stereocenters. The summed E-state index contributed by atoms with van der Waals surface area (Å²) in [6.07, 6.45) is 0. The van der Waals surface area contributed by atoms with Crippen LogP contribution in [0.2, 0.25) is 0 Å². The molecular formula is C14H21ClN4O3. The van der Waals surface area contributed by atoms with E-state index in [0.29, 0.717) is 17.7 Å². The molecular weight excluding hydrogens is 308 g/mol. The number of nitrogens with zero attached hydrogens (tertiary/aromatic N) is 2. The van der Waals surface area contributed by atoms with E-state index in [-0.39, 0.29) is 24.0 Å². The van der Waals surface area contributed by atoms with E-state index in [9.17, 15) is 14.9 Å². The molecule has 0 aliphatic carbocycles. The lowest BCUT2D eigenvalue weighted by Crippen LogP contribution is -2.46. The van der Waals surface area contributed by atoms with Gasteiger partial charge in [-0.15, -0.1) is 12.4 Å². The van der Waals surface area contributed by atoms with Gasteiger partial charge in [0.15, 0.2) is 0 Å². The summed E-state index contributed by atoms with van der Waals surface area (Å²) in [6, 6.07) is 4.54. The van der Waals surface area contributed by atoms with Crippen molar-refractivity contribution in [2.75, 3.05) is 39.3 Å². The first-order chi connectivity index (χ1) is 10.1. The maximum atomic E-state index is 12.0. The molecule has 122 valence electrons. The van der Waals surface area contributed by atoms with Crippen LogP contribution in [0, 0.1) is 17.0 Å². The Morgan fingerprint density at radius 3 is 2.73 bits per heavy atom. The van der Waals surface area contributed by atoms with Crippen LogP contribution in [0.25, 0.3) is 0 Å². The summed E-state index contributed by atoms with van der Waals surface area (Å²) >= 11 is 0. The normalized spacial score (nSPS) is 15.0. The molecule has 1 heterocycles. The van der Waals surface area contributed by atoms with Gasteiger partial charge in [-0.1, -0.05) is 6.07 Å². The van der Waals surface area contributed by atoms with Crippen LogP contribution in [0.1, 0.15) is 15.9 Å². The first-order valence-electron chi connectivity index (χ1n) is 7.04. The van der Waals surface area contributed by atoms with E-state index in [4.69, 9.17) is 0 Å². The van der Waals surface area contributed by atoms with Crippen LogP contribution in [0.15, 0.2) is 18.2 Å². The molecule has 0 aromatic heterocycles. The third-order valence-electron chi connectivity index (χ3n) is 3.59. The lowest BCUT2D eigenvalue weighted by molar-refractivity contribution is -0.385. The molecule has 2 N–H and O–H groups in total. The van der Waals surface area contributed by atoms with Gasteiger partial charge in [0.1, 0.15) is 0 Å². The van der Waals surface area contributed by atoms with Crippen LogP contribution in [0.3, 0.4) is 0 Å². The summed E-state index contributed by atoms with van der Waals surface area (Å²) < 4.78 is 0. The zero-order chi connectivity index (χ0) is 15.2. The number of nitro groups is 1. The quantitative estimate of drug-likeness (QED) is 0.621. The molecule has 0 bridgehead atoms. The molecule has 8 heteroatoms. The highest BCUT2D eigenvalue weighted by molar-refractivity contribution is 5.94. The number of hydrogen-bond donors (Lipinski definition) is 2. The molecule has 22 heavy (non-hydrogen) atoms. The van der Waals surface area contributed by atoms with E-state index in [1.165, 1.54) is 6.07 Å². The fourth-order valence-corrected chi connectivity index (χ4v) is 2.31. The second-order valence-electron chi connectivity index (χ2n) is 5.11. The number of nitrogens with one attached hydrogen (secondary N) is 2. The van der Waals surface area contributed by atoms with Gasteiger partial charge in [0.25, 0.3) is 11.6 Å². The van der Waals surface area contributed by atoms with Crippen LogP contribution in [-0.2, 0) is 0 Å². The fourth-order valence-electron chi connectivity index (χ4n) is 2.31. The Labute approximate surface area is 135 Å². The van der Waals surface area contributed by atoms with Crippen molar-refractivity contribution in [3.05, 3.63) is 39.4 Å². The lowest BCUT2D eigenvalue weighted by atomic mass is 10.1. The van der Waals surface area contributed by atoms with Gasteiger partial charge < -0.3 is 10.6 Å². The third-order valence-corrected chi connectivity index (χ3v) is 3.59. The third kappa shape index (κ3) is 4.94. The molecule has 0 spiro atoms. The standard InChI is InChI=1S/C14H20N4O3.ClH/c1-11-2-3-12(10-13(11)18(20)21)14(19)16-6-9-17-7-4-15-5-8-17;/h2-3,10,15H,4-9H2,1H3,(H,16,19);1H. The van der Waals surface area contributed by atoms with Crippen molar-refractivity contribution in [1.82, 2.24) is 15.5 Å². The zero-order valence-corrected chi connectivity index (χ0v) is 13.3. The summed E-state index contributed by atoms with van der Waals surface area (Å²) in [4.78, 5) is 24.7. The Hall–Kier alpha value is -1.70. The molecule has 1 aliphatic rings. The Morgan fingerprint density at radius 2 is 2.09 bits per heavy atom. The zero-order valence-electron chi connectivity index (χ0n) is 12.5. The number of benzene rings is 1. The minimum Gasteiger partial charge on any atom is -0.351 e. The van der Waals surface area contributed by atoms with E-state index in [1.54, 1.807) is 19.1 Å². The van der Waals surface area contributed by atoms with Gasteiger partial charge in [0, 0.05) is 56.5 Å². The molecule has 0 radical (unpaired) electrons. The predicted molar refractivity (Wildman–Crippen MR) is 86.7 cm³/mol. The summed E-state index contributed by atoms with van der Waals surface area (Å²) in [5.74, 6) is -0.270. The van der Waals surface area contributed by atoms with Crippen LogP contribution in [0.5, 0.6) is 0 Å². The fraction of sp³-hybridized carbons (Fsp3) is 0.500. The van der Waals surface area contributed by atoms with E-state index in [0.717, 1.165) is 32.7 Å². The Bertz CT molecular complexity index is 533. The number of halogens is 1. The maximum Gasteiger partial charge on any atom is 0.273 e. The maximum absolute atomic E-state index is 12.0. The second-order valence-corrected chi connectivity index (χ2v) is 5.11. The molecule has 2 rings (SSSR count). The second kappa shape index (κ2) is 8.67. The highest BCUT2D eigenvalue weighted by atomic mass is 35.5. The van der Waals surface area contributed by atoms with E-state index < -0.39 is 4.92 Å². The Balaban J connectivity index is 0.00000242. The van der Waals surface area contributed by atoms with Crippen LogP contribution >= 0.6 is 12.4 Å². The molecule has 0 saturated carbocycles. The van der Waals surface area contributed by atoms with Gasteiger partial charge in [-0.05, 0) is 13.0 Å². The van der Waals surface area contributed by atoms with Gasteiger partial charge >= 0.3 is 0 Å². The van der Waals surface area contributed by atoms with Crippen molar-refractivity contribution >= 4 is 24.0 Å². The first-order valence-corrected chi connectivity index (χ1v) is 7.04.